The predicted molar refractivity (Wildman–Crippen MR) is 98.4 cm³/mol. The highest BCUT2D eigenvalue weighted by atomic mass is 35.5. The van der Waals surface area contributed by atoms with Crippen LogP contribution in [0.25, 0.3) is 0 Å². The maximum atomic E-state index is 13.3. The molecule has 128 valence electrons. The Morgan fingerprint density at radius 3 is 2.62 bits per heavy atom. The van der Waals surface area contributed by atoms with Crippen molar-refractivity contribution in [2.45, 2.75) is 11.4 Å². The zero-order chi connectivity index (χ0) is 17.4. The Balaban J connectivity index is 1.72. The number of hydrogen-bond donors (Lipinski definition) is 3. The molecule has 0 aromatic heterocycles. The summed E-state index contributed by atoms with van der Waals surface area (Å²) in [7, 11) is 1.68. The lowest BCUT2D eigenvalue weighted by Gasteiger charge is -2.12. The van der Waals surface area contributed by atoms with Gasteiger partial charge < -0.3 is 15.7 Å². The fourth-order valence-corrected chi connectivity index (χ4v) is 2.83. The maximum absolute atomic E-state index is 13.3. The third-order valence-electron chi connectivity index (χ3n) is 3.17. The number of guanidine groups is 1. The Hall–Kier alpha value is -1.92. The number of rotatable bonds is 6. The van der Waals surface area contributed by atoms with Crippen LogP contribution in [0.15, 0.2) is 52.4 Å². The van der Waals surface area contributed by atoms with Crippen molar-refractivity contribution >= 4 is 29.3 Å². The number of hydrogen-bond acceptors (Lipinski definition) is 3. The number of halogens is 2. The van der Waals surface area contributed by atoms with E-state index in [4.69, 9.17) is 11.6 Å². The Morgan fingerprint density at radius 2 is 1.96 bits per heavy atom. The molecule has 0 radical (unpaired) electrons. The molecule has 0 aliphatic heterocycles. The van der Waals surface area contributed by atoms with E-state index < -0.39 is 5.82 Å². The molecule has 0 unspecified atom stereocenters. The molecular formula is C17H19ClFN3OS. The molecule has 0 saturated carbocycles. The van der Waals surface area contributed by atoms with Crippen LogP contribution >= 0.6 is 23.4 Å². The zero-order valence-corrected chi connectivity index (χ0v) is 14.8. The maximum Gasteiger partial charge on any atom is 0.191 e. The van der Waals surface area contributed by atoms with Crippen LogP contribution in [0, 0.1) is 5.82 Å². The zero-order valence-electron chi connectivity index (χ0n) is 13.2. The average Bonchev–Trinajstić information content (AvgIpc) is 2.59. The highest BCUT2D eigenvalue weighted by molar-refractivity contribution is 7.99. The minimum atomic E-state index is -0.628. The summed E-state index contributed by atoms with van der Waals surface area (Å²) in [6, 6.07) is 12.0. The van der Waals surface area contributed by atoms with Crippen LogP contribution in [0.5, 0.6) is 5.75 Å². The molecule has 0 heterocycles. The van der Waals surface area contributed by atoms with E-state index in [1.165, 1.54) is 12.1 Å². The third kappa shape index (κ3) is 5.94. The molecular weight excluding hydrogens is 349 g/mol. The quantitative estimate of drug-likeness (QED) is 0.316. The normalized spacial score (nSPS) is 11.4. The average molecular weight is 368 g/mol. The Labute approximate surface area is 150 Å². The monoisotopic (exact) mass is 367 g/mol. The first kappa shape index (κ1) is 18.4. The summed E-state index contributed by atoms with van der Waals surface area (Å²) in [5, 5.41) is 16.2. The Bertz CT molecular complexity index is 695. The molecule has 0 aliphatic carbocycles. The van der Waals surface area contributed by atoms with Gasteiger partial charge in [0.25, 0.3) is 0 Å². The number of aromatic hydroxyl groups is 1. The number of phenolic OH excluding ortho intramolecular Hbond substituents is 1. The largest absolute Gasteiger partial charge is 0.505 e. The molecule has 2 rings (SSSR count). The van der Waals surface area contributed by atoms with E-state index in [0.29, 0.717) is 12.5 Å². The number of aliphatic imine (C=N–C) groups is 1. The van der Waals surface area contributed by atoms with Gasteiger partial charge in [-0.15, -0.1) is 11.8 Å². The second kappa shape index (κ2) is 9.39. The summed E-state index contributed by atoms with van der Waals surface area (Å²) in [6.07, 6.45) is 0. The van der Waals surface area contributed by atoms with Crippen LogP contribution in [-0.2, 0) is 6.54 Å². The van der Waals surface area contributed by atoms with Gasteiger partial charge in [0.1, 0.15) is 0 Å². The van der Waals surface area contributed by atoms with Crippen molar-refractivity contribution in [3.63, 3.8) is 0 Å². The summed E-state index contributed by atoms with van der Waals surface area (Å²) in [4.78, 5) is 5.28. The van der Waals surface area contributed by atoms with E-state index in [1.54, 1.807) is 24.9 Å². The molecule has 24 heavy (non-hydrogen) atoms. The highest BCUT2D eigenvalue weighted by Crippen LogP contribution is 2.19. The Kier molecular flexibility index (Phi) is 7.21. The number of nitrogens with zero attached hydrogens (tertiary/aromatic N) is 1. The summed E-state index contributed by atoms with van der Waals surface area (Å²) in [5.74, 6) is 0.535. The number of phenols is 1. The molecule has 0 atom stereocenters. The van der Waals surface area contributed by atoms with Crippen molar-refractivity contribution in [1.82, 2.24) is 10.6 Å². The minimum absolute atomic E-state index is 0.347. The SMILES string of the molecule is CN=C(NCCSc1ccc(Cl)cc1)NCc1ccc(O)c(F)c1. The second-order valence-corrected chi connectivity index (χ2v) is 6.55. The predicted octanol–water partition coefficient (Wildman–Crippen LogP) is 3.64. The summed E-state index contributed by atoms with van der Waals surface area (Å²) in [5.41, 5.74) is 0.726. The van der Waals surface area contributed by atoms with Crippen molar-refractivity contribution < 1.29 is 9.50 Å². The van der Waals surface area contributed by atoms with Crippen LogP contribution < -0.4 is 10.6 Å². The standard InChI is InChI=1S/C17H19ClFN3OS/c1-20-17(22-11-12-2-7-16(23)15(19)10-12)21-8-9-24-14-5-3-13(18)4-6-14/h2-7,10,23H,8-9,11H2,1H3,(H2,20,21,22). The molecule has 7 heteroatoms. The van der Waals surface area contributed by atoms with Crippen LogP contribution in [0.2, 0.25) is 5.02 Å². The fourth-order valence-electron chi connectivity index (χ4n) is 1.94. The molecule has 4 nitrogen and oxygen atoms in total. The summed E-state index contributed by atoms with van der Waals surface area (Å²) >= 11 is 7.57. The van der Waals surface area contributed by atoms with Gasteiger partial charge in [-0.3, -0.25) is 4.99 Å². The van der Waals surface area contributed by atoms with E-state index in [0.717, 1.165) is 27.8 Å². The van der Waals surface area contributed by atoms with Crippen LogP contribution in [-0.4, -0.2) is 30.4 Å². The lowest BCUT2D eigenvalue weighted by molar-refractivity contribution is 0.431. The fraction of sp³-hybridized carbons (Fsp3) is 0.235. The Morgan fingerprint density at radius 1 is 1.21 bits per heavy atom. The molecule has 0 saturated heterocycles. The number of benzene rings is 2. The molecule has 2 aromatic carbocycles. The van der Waals surface area contributed by atoms with Crippen molar-refractivity contribution in [2.75, 3.05) is 19.3 Å². The molecule has 0 spiro atoms. The molecule has 0 aliphatic rings. The van der Waals surface area contributed by atoms with Crippen LogP contribution in [0.3, 0.4) is 0 Å². The van der Waals surface area contributed by atoms with Gasteiger partial charge in [-0.05, 0) is 42.0 Å². The van der Waals surface area contributed by atoms with E-state index in [2.05, 4.69) is 15.6 Å². The van der Waals surface area contributed by atoms with E-state index >= 15 is 0 Å². The smallest absolute Gasteiger partial charge is 0.191 e. The molecule has 0 fully saturated rings. The highest BCUT2D eigenvalue weighted by Gasteiger charge is 2.03. The summed E-state index contributed by atoms with van der Waals surface area (Å²) < 4.78 is 13.3. The first-order chi connectivity index (χ1) is 11.6. The van der Waals surface area contributed by atoms with Crippen molar-refractivity contribution in [1.29, 1.82) is 0 Å². The van der Waals surface area contributed by atoms with Crippen molar-refractivity contribution in [3.8, 4) is 5.75 Å². The number of thioether (sulfide) groups is 1. The molecule has 2 aromatic rings. The van der Waals surface area contributed by atoms with Gasteiger partial charge in [-0.2, -0.15) is 0 Å². The van der Waals surface area contributed by atoms with Crippen LogP contribution in [0.4, 0.5) is 4.39 Å². The van der Waals surface area contributed by atoms with Gasteiger partial charge in [-0.1, -0.05) is 17.7 Å². The van der Waals surface area contributed by atoms with Crippen LogP contribution in [0.1, 0.15) is 5.56 Å². The lowest BCUT2D eigenvalue weighted by Crippen LogP contribution is -2.37. The van der Waals surface area contributed by atoms with Gasteiger partial charge in [0.2, 0.25) is 0 Å². The van der Waals surface area contributed by atoms with Gasteiger partial charge in [0.05, 0.1) is 0 Å². The van der Waals surface area contributed by atoms with E-state index in [9.17, 15) is 9.50 Å². The topological polar surface area (TPSA) is 56.7 Å². The van der Waals surface area contributed by atoms with Crippen molar-refractivity contribution in [3.05, 3.63) is 58.9 Å². The summed E-state index contributed by atoms with van der Waals surface area (Å²) in [6.45, 7) is 1.15. The number of nitrogens with one attached hydrogen (secondary N) is 2. The van der Waals surface area contributed by atoms with E-state index in [1.807, 2.05) is 24.3 Å². The first-order valence-electron chi connectivity index (χ1n) is 7.39. The second-order valence-electron chi connectivity index (χ2n) is 4.94. The van der Waals surface area contributed by atoms with Gasteiger partial charge in [0, 0.05) is 35.8 Å². The van der Waals surface area contributed by atoms with Crippen molar-refractivity contribution in [2.24, 2.45) is 4.99 Å². The first-order valence-corrected chi connectivity index (χ1v) is 8.75. The van der Waals surface area contributed by atoms with Gasteiger partial charge >= 0.3 is 0 Å². The molecule has 0 bridgehead atoms. The minimum Gasteiger partial charge on any atom is -0.505 e. The third-order valence-corrected chi connectivity index (χ3v) is 4.44. The molecule has 3 N–H and O–H groups in total. The molecule has 0 amide bonds. The lowest BCUT2D eigenvalue weighted by atomic mass is 10.2. The van der Waals surface area contributed by atoms with E-state index in [-0.39, 0.29) is 5.75 Å². The van der Waals surface area contributed by atoms with Gasteiger partial charge in [0.15, 0.2) is 17.5 Å². The van der Waals surface area contributed by atoms with Gasteiger partial charge in [-0.25, -0.2) is 4.39 Å².